The van der Waals surface area contributed by atoms with E-state index in [2.05, 4.69) is 9.88 Å². The molecule has 0 aliphatic carbocycles. The molecule has 0 N–H and O–H groups in total. The van der Waals surface area contributed by atoms with Gasteiger partial charge < -0.3 is 14.7 Å². The van der Waals surface area contributed by atoms with Crippen LogP contribution in [0, 0.1) is 5.92 Å². The summed E-state index contributed by atoms with van der Waals surface area (Å²) in [5, 5.41) is 0. The van der Waals surface area contributed by atoms with E-state index in [1.54, 1.807) is 6.20 Å². The molecule has 0 aromatic carbocycles. The molecule has 3 aliphatic rings. The molecule has 0 atom stereocenters. The fraction of sp³-hybridized carbons (Fsp3) is 0.650. The van der Waals surface area contributed by atoms with Crippen LogP contribution in [0.5, 0.6) is 0 Å². The van der Waals surface area contributed by atoms with Gasteiger partial charge in [-0.1, -0.05) is 0 Å². The predicted molar refractivity (Wildman–Crippen MR) is 108 cm³/mol. The number of nitrogens with zero attached hydrogens (tertiary/aromatic N) is 4. The van der Waals surface area contributed by atoms with Crippen LogP contribution in [-0.4, -0.2) is 77.4 Å². The van der Waals surface area contributed by atoms with Crippen molar-refractivity contribution >= 4 is 29.4 Å². The smallest absolute Gasteiger partial charge is 0.255 e. The third-order valence-electron chi connectivity index (χ3n) is 5.88. The lowest BCUT2D eigenvalue weighted by Gasteiger charge is -2.34. The first-order valence-electron chi connectivity index (χ1n) is 10.1. The molecule has 7 heteroatoms. The number of carbonyl (C=O) groups is 2. The van der Waals surface area contributed by atoms with E-state index in [4.69, 9.17) is 0 Å². The summed E-state index contributed by atoms with van der Waals surface area (Å²) in [5.41, 5.74) is 0.679. The summed E-state index contributed by atoms with van der Waals surface area (Å²) in [6.07, 6.45) is 5.39. The Morgan fingerprint density at radius 1 is 1.11 bits per heavy atom. The first-order chi connectivity index (χ1) is 13.2. The Labute approximate surface area is 165 Å². The molecule has 1 aromatic heterocycles. The second-order valence-corrected chi connectivity index (χ2v) is 8.91. The number of piperidine rings is 1. The van der Waals surface area contributed by atoms with E-state index >= 15 is 0 Å². The average Bonchev–Trinajstić information content (AvgIpc) is 3.13. The standard InChI is InChI=1S/C20H28N4O2S/c25-19-2-1-7-24(19)15-16-5-8-23(9-6-16)20(26)17-3-4-18(21-14-17)22-10-12-27-13-11-22/h3-4,14,16H,1-2,5-13,15H2. The highest BCUT2D eigenvalue weighted by Gasteiger charge is 2.28. The van der Waals surface area contributed by atoms with Crippen molar-refractivity contribution in [1.82, 2.24) is 14.8 Å². The molecule has 3 fully saturated rings. The Hall–Kier alpha value is -1.76. The van der Waals surface area contributed by atoms with Crippen LogP contribution in [0.15, 0.2) is 18.3 Å². The van der Waals surface area contributed by atoms with Crippen molar-refractivity contribution in [3.8, 4) is 0 Å². The zero-order valence-corrected chi connectivity index (χ0v) is 16.6. The van der Waals surface area contributed by atoms with Gasteiger partial charge in [0.2, 0.25) is 5.91 Å². The van der Waals surface area contributed by atoms with Crippen molar-refractivity contribution in [2.24, 2.45) is 5.92 Å². The Morgan fingerprint density at radius 3 is 2.52 bits per heavy atom. The van der Waals surface area contributed by atoms with Gasteiger partial charge in [-0.2, -0.15) is 11.8 Å². The summed E-state index contributed by atoms with van der Waals surface area (Å²) in [6, 6.07) is 3.90. The highest BCUT2D eigenvalue weighted by atomic mass is 32.2. The Morgan fingerprint density at radius 2 is 1.89 bits per heavy atom. The van der Waals surface area contributed by atoms with E-state index in [0.717, 1.165) is 75.9 Å². The minimum absolute atomic E-state index is 0.0824. The molecule has 0 spiro atoms. The second-order valence-electron chi connectivity index (χ2n) is 7.68. The molecule has 27 heavy (non-hydrogen) atoms. The summed E-state index contributed by atoms with van der Waals surface area (Å²) in [5.74, 6) is 4.15. The van der Waals surface area contributed by atoms with Crippen molar-refractivity contribution < 1.29 is 9.59 Å². The number of carbonyl (C=O) groups excluding carboxylic acids is 2. The summed E-state index contributed by atoms with van der Waals surface area (Å²) < 4.78 is 0. The van der Waals surface area contributed by atoms with Gasteiger partial charge in [0.25, 0.3) is 5.91 Å². The monoisotopic (exact) mass is 388 g/mol. The highest BCUT2D eigenvalue weighted by molar-refractivity contribution is 7.99. The summed E-state index contributed by atoms with van der Waals surface area (Å²) in [7, 11) is 0. The van der Waals surface area contributed by atoms with Crippen molar-refractivity contribution in [1.29, 1.82) is 0 Å². The molecular formula is C20H28N4O2S. The predicted octanol–water partition coefficient (Wildman–Crippen LogP) is 2.11. The molecule has 2 amide bonds. The maximum Gasteiger partial charge on any atom is 0.255 e. The van der Waals surface area contributed by atoms with Crippen LogP contribution in [0.4, 0.5) is 5.82 Å². The fourth-order valence-corrected chi connectivity index (χ4v) is 5.11. The zero-order chi connectivity index (χ0) is 18.6. The fourth-order valence-electron chi connectivity index (χ4n) is 4.20. The molecular weight excluding hydrogens is 360 g/mol. The Balaban J connectivity index is 1.29. The van der Waals surface area contributed by atoms with Gasteiger partial charge in [-0.15, -0.1) is 0 Å². The van der Waals surface area contributed by atoms with E-state index in [1.165, 1.54) is 0 Å². The van der Waals surface area contributed by atoms with E-state index in [9.17, 15) is 9.59 Å². The van der Waals surface area contributed by atoms with Crippen LogP contribution < -0.4 is 4.90 Å². The summed E-state index contributed by atoms with van der Waals surface area (Å²) >= 11 is 1.98. The topological polar surface area (TPSA) is 56.8 Å². The third kappa shape index (κ3) is 4.39. The van der Waals surface area contributed by atoms with Crippen molar-refractivity contribution in [2.45, 2.75) is 25.7 Å². The van der Waals surface area contributed by atoms with Crippen LogP contribution in [0.3, 0.4) is 0 Å². The van der Waals surface area contributed by atoms with Crippen molar-refractivity contribution in [3.63, 3.8) is 0 Å². The molecule has 0 radical (unpaired) electrons. The van der Waals surface area contributed by atoms with Gasteiger partial charge >= 0.3 is 0 Å². The summed E-state index contributed by atoms with van der Waals surface area (Å²) in [4.78, 5) is 35.4. The number of pyridine rings is 1. The Bertz CT molecular complexity index is 667. The SMILES string of the molecule is O=C1CCCN1CC1CCN(C(=O)c2ccc(N3CCSCC3)nc2)CC1. The van der Waals surface area contributed by atoms with Crippen LogP contribution in [-0.2, 0) is 4.79 Å². The number of amides is 2. The molecule has 1 aromatic rings. The number of likely N-dealkylation sites (tertiary alicyclic amines) is 2. The molecule has 0 bridgehead atoms. The lowest BCUT2D eigenvalue weighted by atomic mass is 9.96. The summed E-state index contributed by atoms with van der Waals surface area (Å²) in [6.45, 7) is 5.38. The number of rotatable bonds is 4. The van der Waals surface area contributed by atoms with Crippen molar-refractivity contribution in [3.05, 3.63) is 23.9 Å². The van der Waals surface area contributed by atoms with E-state index in [0.29, 0.717) is 23.8 Å². The van der Waals surface area contributed by atoms with Gasteiger partial charge in [-0.3, -0.25) is 9.59 Å². The minimum Gasteiger partial charge on any atom is -0.355 e. The maximum atomic E-state index is 12.8. The van der Waals surface area contributed by atoms with E-state index < -0.39 is 0 Å². The molecule has 0 unspecified atom stereocenters. The number of aromatic nitrogens is 1. The van der Waals surface area contributed by atoms with Gasteiger partial charge in [-0.05, 0) is 37.3 Å². The van der Waals surface area contributed by atoms with E-state index in [1.807, 2.05) is 33.7 Å². The normalized spacial score (nSPS) is 21.8. The van der Waals surface area contributed by atoms with Crippen LogP contribution in [0.2, 0.25) is 0 Å². The van der Waals surface area contributed by atoms with Gasteiger partial charge in [-0.25, -0.2) is 4.98 Å². The second kappa shape index (κ2) is 8.50. The van der Waals surface area contributed by atoms with Crippen LogP contribution >= 0.6 is 11.8 Å². The van der Waals surface area contributed by atoms with Gasteiger partial charge in [0.1, 0.15) is 5.82 Å². The maximum absolute atomic E-state index is 12.8. The van der Waals surface area contributed by atoms with E-state index in [-0.39, 0.29) is 5.91 Å². The quantitative estimate of drug-likeness (QED) is 0.791. The number of hydrogen-bond donors (Lipinski definition) is 0. The molecule has 4 heterocycles. The van der Waals surface area contributed by atoms with Gasteiger partial charge in [0, 0.05) is 63.4 Å². The molecule has 0 saturated carbocycles. The number of anilines is 1. The van der Waals surface area contributed by atoms with Crippen LogP contribution in [0.25, 0.3) is 0 Å². The molecule has 4 rings (SSSR count). The first-order valence-corrected chi connectivity index (χ1v) is 11.2. The lowest BCUT2D eigenvalue weighted by Crippen LogP contribution is -2.42. The molecule has 3 saturated heterocycles. The zero-order valence-electron chi connectivity index (χ0n) is 15.8. The lowest BCUT2D eigenvalue weighted by molar-refractivity contribution is -0.128. The highest BCUT2D eigenvalue weighted by Crippen LogP contribution is 2.23. The van der Waals surface area contributed by atoms with Gasteiger partial charge in [0.15, 0.2) is 0 Å². The minimum atomic E-state index is 0.0824. The van der Waals surface area contributed by atoms with Crippen molar-refractivity contribution in [2.75, 3.05) is 55.7 Å². The van der Waals surface area contributed by atoms with Gasteiger partial charge in [0.05, 0.1) is 5.56 Å². The molecule has 3 aliphatic heterocycles. The average molecular weight is 389 g/mol. The first kappa shape index (κ1) is 18.6. The Kier molecular flexibility index (Phi) is 5.86. The van der Waals surface area contributed by atoms with Crippen LogP contribution in [0.1, 0.15) is 36.0 Å². The molecule has 146 valence electrons. The largest absolute Gasteiger partial charge is 0.355 e. The number of thioether (sulfide) groups is 1. The third-order valence-corrected chi connectivity index (χ3v) is 6.82. The number of hydrogen-bond acceptors (Lipinski definition) is 5. The molecule has 6 nitrogen and oxygen atoms in total.